The normalized spacial score (nSPS) is 11.6. The van der Waals surface area contributed by atoms with E-state index in [9.17, 15) is 14.4 Å². The van der Waals surface area contributed by atoms with Crippen LogP contribution in [0.3, 0.4) is 0 Å². The predicted molar refractivity (Wildman–Crippen MR) is 95.2 cm³/mol. The Hall–Kier alpha value is -2.74. The van der Waals surface area contributed by atoms with Gasteiger partial charge in [-0.2, -0.15) is 0 Å². The van der Waals surface area contributed by atoms with Gasteiger partial charge >= 0.3 is 0 Å². The molecule has 2 rings (SSSR count). The van der Waals surface area contributed by atoms with E-state index in [1.54, 1.807) is 25.1 Å². The molecule has 0 fully saturated rings. The average Bonchev–Trinajstić information content (AvgIpc) is 3.10. The van der Waals surface area contributed by atoms with Crippen molar-refractivity contribution >= 4 is 35.2 Å². The molecule has 0 bridgehead atoms. The Morgan fingerprint density at radius 1 is 1.20 bits per heavy atom. The maximum absolute atomic E-state index is 12.3. The first-order valence-corrected chi connectivity index (χ1v) is 8.61. The van der Waals surface area contributed by atoms with Crippen molar-refractivity contribution in [2.24, 2.45) is 5.73 Å². The van der Waals surface area contributed by atoms with E-state index in [2.05, 4.69) is 10.6 Å². The first-order chi connectivity index (χ1) is 12.0. The number of primary amides is 1. The number of hydrogen-bond donors (Lipinski definition) is 3. The molecule has 1 aromatic heterocycles. The van der Waals surface area contributed by atoms with E-state index in [1.807, 2.05) is 12.1 Å². The number of rotatable bonds is 8. The molecule has 1 unspecified atom stereocenters. The SMILES string of the molecule is CC(NC(=O)c1ccco1)C(=O)Nc1ccccc1SCCC(N)=O. The highest BCUT2D eigenvalue weighted by Crippen LogP contribution is 2.27. The zero-order valence-electron chi connectivity index (χ0n) is 13.7. The van der Waals surface area contributed by atoms with E-state index in [0.29, 0.717) is 11.4 Å². The van der Waals surface area contributed by atoms with Crippen LogP contribution in [0.15, 0.2) is 52.0 Å². The molecule has 0 saturated heterocycles. The smallest absolute Gasteiger partial charge is 0.287 e. The second-order valence-corrected chi connectivity index (χ2v) is 6.36. The molecule has 3 amide bonds. The molecule has 0 aliphatic heterocycles. The molecule has 7 nitrogen and oxygen atoms in total. The fraction of sp³-hybridized carbons (Fsp3) is 0.235. The molecule has 0 radical (unpaired) electrons. The molecule has 2 aromatic rings. The molecule has 25 heavy (non-hydrogen) atoms. The van der Waals surface area contributed by atoms with Gasteiger partial charge < -0.3 is 20.8 Å². The van der Waals surface area contributed by atoms with Crippen LogP contribution >= 0.6 is 11.8 Å². The third-order valence-corrected chi connectivity index (χ3v) is 4.31. The van der Waals surface area contributed by atoms with Crippen molar-refractivity contribution in [1.82, 2.24) is 5.32 Å². The van der Waals surface area contributed by atoms with E-state index < -0.39 is 11.9 Å². The average molecular weight is 361 g/mol. The standard InChI is InChI=1S/C17H19N3O4S/c1-11(19-17(23)13-6-4-9-24-13)16(22)20-12-5-2-3-7-14(12)25-10-8-15(18)21/h2-7,9,11H,8,10H2,1H3,(H2,18,21)(H,19,23)(H,20,22). The first-order valence-electron chi connectivity index (χ1n) is 7.62. The van der Waals surface area contributed by atoms with Gasteiger partial charge in [0.05, 0.1) is 12.0 Å². The number of thioether (sulfide) groups is 1. The predicted octanol–water partition coefficient (Wildman–Crippen LogP) is 2.00. The fourth-order valence-electron chi connectivity index (χ4n) is 1.94. The maximum Gasteiger partial charge on any atom is 0.287 e. The second-order valence-electron chi connectivity index (χ2n) is 5.22. The Kier molecular flexibility index (Phi) is 6.64. The van der Waals surface area contributed by atoms with Crippen LogP contribution in [0.1, 0.15) is 23.9 Å². The zero-order valence-corrected chi connectivity index (χ0v) is 14.5. The molecular formula is C17H19N3O4S. The molecule has 1 atom stereocenters. The van der Waals surface area contributed by atoms with E-state index in [1.165, 1.54) is 24.1 Å². The van der Waals surface area contributed by atoms with Crippen LogP contribution in [0.5, 0.6) is 0 Å². The van der Waals surface area contributed by atoms with Gasteiger partial charge in [-0.1, -0.05) is 12.1 Å². The molecule has 8 heteroatoms. The highest BCUT2D eigenvalue weighted by atomic mass is 32.2. The van der Waals surface area contributed by atoms with Gasteiger partial charge in [-0.05, 0) is 31.2 Å². The van der Waals surface area contributed by atoms with Crippen LogP contribution in [0.25, 0.3) is 0 Å². The molecular weight excluding hydrogens is 342 g/mol. The summed E-state index contributed by atoms with van der Waals surface area (Å²) in [6.07, 6.45) is 1.64. The molecule has 4 N–H and O–H groups in total. The molecule has 1 heterocycles. The number of para-hydroxylation sites is 1. The summed E-state index contributed by atoms with van der Waals surface area (Å²) < 4.78 is 4.99. The lowest BCUT2D eigenvalue weighted by molar-refractivity contribution is -0.118. The second kappa shape index (κ2) is 8.93. The summed E-state index contributed by atoms with van der Waals surface area (Å²) in [7, 11) is 0. The maximum atomic E-state index is 12.3. The van der Waals surface area contributed by atoms with Gasteiger partial charge in [0.1, 0.15) is 6.04 Å². The Labute approximate surface area is 149 Å². The van der Waals surface area contributed by atoms with Crippen LogP contribution in [0, 0.1) is 0 Å². The van der Waals surface area contributed by atoms with Gasteiger partial charge in [0.25, 0.3) is 5.91 Å². The van der Waals surface area contributed by atoms with Gasteiger partial charge in [0.2, 0.25) is 11.8 Å². The Bertz CT molecular complexity index is 746. The molecule has 0 aliphatic carbocycles. The zero-order chi connectivity index (χ0) is 18.2. The monoisotopic (exact) mass is 361 g/mol. The lowest BCUT2D eigenvalue weighted by atomic mass is 10.2. The van der Waals surface area contributed by atoms with E-state index in [0.717, 1.165) is 4.90 Å². The topological polar surface area (TPSA) is 114 Å². The lowest BCUT2D eigenvalue weighted by Gasteiger charge is -2.15. The minimum atomic E-state index is -0.749. The molecule has 0 saturated carbocycles. The third kappa shape index (κ3) is 5.68. The van der Waals surface area contributed by atoms with Crippen LogP contribution in [0.4, 0.5) is 5.69 Å². The quantitative estimate of drug-likeness (QED) is 0.622. The summed E-state index contributed by atoms with van der Waals surface area (Å²) >= 11 is 1.42. The number of benzene rings is 1. The molecule has 0 aliphatic rings. The third-order valence-electron chi connectivity index (χ3n) is 3.24. The number of furan rings is 1. The van der Waals surface area contributed by atoms with E-state index in [4.69, 9.17) is 10.2 Å². The highest BCUT2D eigenvalue weighted by Gasteiger charge is 2.19. The van der Waals surface area contributed by atoms with Gasteiger partial charge in [0.15, 0.2) is 5.76 Å². The Balaban J connectivity index is 1.95. The summed E-state index contributed by atoms with van der Waals surface area (Å²) in [5.74, 6) is -0.530. The number of nitrogens with two attached hydrogens (primary N) is 1. The van der Waals surface area contributed by atoms with Crippen LogP contribution < -0.4 is 16.4 Å². The summed E-state index contributed by atoms with van der Waals surface area (Å²) in [6.45, 7) is 1.58. The van der Waals surface area contributed by atoms with Gasteiger partial charge in [-0.25, -0.2) is 0 Å². The number of carbonyl (C=O) groups is 3. The number of anilines is 1. The number of amides is 3. The van der Waals surface area contributed by atoms with Crippen molar-refractivity contribution in [2.75, 3.05) is 11.1 Å². The number of nitrogens with one attached hydrogen (secondary N) is 2. The summed E-state index contributed by atoms with van der Waals surface area (Å²) in [5, 5.41) is 5.34. The van der Waals surface area contributed by atoms with Crippen molar-refractivity contribution in [3.63, 3.8) is 0 Å². The summed E-state index contributed by atoms with van der Waals surface area (Å²) in [6, 6.07) is 9.59. The van der Waals surface area contributed by atoms with Crippen molar-refractivity contribution in [3.05, 3.63) is 48.4 Å². The summed E-state index contributed by atoms with van der Waals surface area (Å²) in [4.78, 5) is 35.9. The molecule has 0 spiro atoms. The van der Waals surface area contributed by atoms with E-state index in [-0.39, 0.29) is 24.0 Å². The minimum Gasteiger partial charge on any atom is -0.459 e. The van der Waals surface area contributed by atoms with Gasteiger partial charge in [-0.15, -0.1) is 11.8 Å². The molecule has 1 aromatic carbocycles. The van der Waals surface area contributed by atoms with Crippen molar-refractivity contribution in [2.45, 2.75) is 24.3 Å². The minimum absolute atomic E-state index is 0.141. The highest BCUT2D eigenvalue weighted by molar-refractivity contribution is 7.99. The van der Waals surface area contributed by atoms with E-state index >= 15 is 0 Å². The van der Waals surface area contributed by atoms with Crippen molar-refractivity contribution < 1.29 is 18.8 Å². The lowest BCUT2D eigenvalue weighted by Crippen LogP contribution is -2.41. The van der Waals surface area contributed by atoms with Gasteiger partial charge in [0, 0.05) is 17.1 Å². The number of hydrogen-bond acceptors (Lipinski definition) is 5. The van der Waals surface area contributed by atoms with Crippen LogP contribution in [0.2, 0.25) is 0 Å². The Morgan fingerprint density at radius 3 is 2.64 bits per heavy atom. The first kappa shape index (κ1) is 18.6. The summed E-state index contributed by atoms with van der Waals surface area (Å²) in [5.41, 5.74) is 5.74. The van der Waals surface area contributed by atoms with Crippen LogP contribution in [-0.2, 0) is 9.59 Å². The fourth-order valence-corrected chi connectivity index (χ4v) is 2.91. The Morgan fingerprint density at radius 2 is 1.96 bits per heavy atom. The van der Waals surface area contributed by atoms with Crippen molar-refractivity contribution in [3.8, 4) is 0 Å². The van der Waals surface area contributed by atoms with Crippen molar-refractivity contribution in [1.29, 1.82) is 0 Å². The van der Waals surface area contributed by atoms with Crippen LogP contribution in [-0.4, -0.2) is 29.5 Å². The molecule has 132 valence electrons. The van der Waals surface area contributed by atoms with Gasteiger partial charge in [-0.3, -0.25) is 14.4 Å². The number of carbonyl (C=O) groups excluding carboxylic acids is 3. The largest absolute Gasteiger partial charge is 0.459 e.